The fraction of sp³-hybridized carbons (Fsp3) is 0.500. The van der Waals surface area contributed by atoms with Crippen LogP contribution in [0, 0.1) is 0 Å². The average molecular weight is 333 g/mol. The van der Waals surface area contributed by atoms with Crippen LogP contribution in [-0.4, -0.2) is 38.9 Å². The summed E-state index contributed by atoms with van der Waals surface area (Å²) in [5, 5.41) is 13.3. The number of ether oxygens (including phenoxy) is 1. The molecule has 0 aliphatic carbocycles. The van der Waals surface area contributed by atoms with Gasteiger partial charge in [0.2, 0.25) is 0 Å². The van der Waals surface area contributed by atoms with Crippen LogP contribution in [0.4, 0.5) is 0 Å². The number of fused-ring (bicyclic) bond motifs is 1. The third-order valence-electron chi connectivity index (χ3n) is 4.42. The van der Waals surface area contributed by atoms with Gasteiger partial charge < -0.3 is 14.7 Å². The molecule has 0 aromatic carbocycles. The normalized spacial score (nSPS) is 20.2. The molecule has 7 heteroatoms. The maximum atomic E-state index is 12.7. The molecule has 0 bridgehead atoms. The van der Waals surface area contributed by atoms with Crippen LogP contribution in [0.3, 0.4) is 0 Å². The molecule has 2 aromatic heterocycles. The Kier molecular flexibility index (Phi) is 3.92. The molecule has 2 aliphatic rings. The van der Waals surface area contributed by atoms with E-state index in [4.69, 9.17) is 9.84 Å². The zero-order valence-electron chi connectivity index (χ0n) is 12.8. The number of carbonyl (C=O) groups is 1. The first-order valence-corrected chi connectivity index (χ1v) is 8.73. The van der Waals surface area contributed by atoms with E-state index < -0.39 is 0 Å². The number of amides is 1. The number of hydrogen-bond donors (Lipinski definition) is 1. The van der Waals surface area contributed by atoms with Gasteiger partial charge in [-0.1, -0.05) is 0 Å². The van der Waals surface area contributed by atoms with Gasteiger partial charge in [0.25, 0.3) is 5.91 Å². The zero-order chi connectivity index (χ0) is 15.8. The van der Waals surface area contributed by atoms with Gasteiger partial charge in [-0.15, -0.1) is 11.3 Å². The molecule has 2 aliphatic heterocycles. The first-order valence-electron chi connectivity index (χ1n) is 7.91. The molecule has 0 spiro atoms. The van der Waals surface area contributed by atoms with Crippen LogP contribution in [0.15, 0.2) is 18.3 Å². The molecule has 4 heterocycles. The van der Waals surface area contributed by atoms with Crippen LogP contribution >= 0.6 is 11.3 Å². The quantitative estimate of drug-likeness (QED) is 0.928. The molecule has 1 fully saturated rings. The summed E-state index contributed by atoms with van der Waals surface area (Å²) in [4.78, 5) is 16.5. The minimum absolute atomic E-state index is 0.0533. The second kappa shape index (κ2) is 6.07. The predicted octanol–water partition coefficient (Wildman–Crippen LogP) is 1.94. The van der Waals surface area contributed by atoms with Gasteiger partial charge in [0.15, 0.2) is 0 Å². The van der Waals surface area contributed by atoms with Crippen molar-refractivity contribution in [1.82, 2.24) is 14.7 Å². The fourth-order valence-electron chi connectivity index (χ4n) is 3.24. The van der Waals surface area contributed by atoms with Crippen LogP contribution in [0.2, 0.25) is 0 Å². The number of aliphatic hydroxyl groups is 1. The number of nitrogens with zero attached hydrogens (tertiary/aromatic N) is 3. The molecular formula is C16H19N3O3S. The molecule has 122 valence electrons. The summed E-state index contributed by atoms with van der Waals surface area (Å²) in [6.45, 7) is 2.49. The molecule has 4 rings (SSSR count). The van der Waals surface area contributed by atoms with Gasteiger partial charge in [-0.25, -0.2) is 0 Å². The Morgan fingerprint density at radius 2 is 2.35 bits per heavy atom. The van der Waals surface area contributed by atoms with Gasteiger partial charge in [-0.05, 0) is 25.0 Å². The molecule has 0 radical (unpaired) electrons. The highest BCUT2D eigenvalue weighted by Crippen LogP contribution is 2.34. The standard InChI is InChI=1S/C16H19N3O3S/c20-6-5-19-12-10-18(9-11(12)8-17-19)16(21)15-4-3-14(23-15)13-2-1-7-22-13/h3-4,8,13,20H,1-2,5-7,9-10H2/t13-/m1/s1. The minimum Gasteiger partial charge on any atom is -0.394 e. The average Bonchev–Trinajstić information content (AvgIpc) is 3.32. The minimum atomic E-state index is 0.0533. The fourth-order valence-corrected chi connectivity index (χ4v) is 4.30. The highest BCUT2D eigenvalue weighted by atomic mass is 32.1. The Balaban J connectivity index is 1.48. The molecule has 1 N–H and O–H groups in total. The molecule has 1 amide bonds. The summed E-state index contributed by atoms with van der Waals surface area (Å²) in [7, 11) is 0. The van der Waals surface area contributed by atoms with Gasteiger partial charge >= 0.3 is 0 Å². The molecular weight excluding hydrogens is 314 g/mol. The molecule has 0 saturated carbocycles. The first-order chi connectivity index (χ1) is 11.3. The second-order valence-electron chi connectivity index (χ2n) is 5.93. The summed E-state index contributed by atoms with van der Waals surface area (Å²) in [5.41, 5.74) is 2.10. The van der Waals surface area contributed by atoms with Gasteiger partial charge in [0, 0.05) is 23.6 Å². The lowest BCUT2D eigenvalue weighted by Crippen LogP contribution is -2.25. The van der Waals surface area contributed by atoms with Gasteiger partial charge in [-0.3, -0.25) is 9.48 Å². The lowest BCUT2D eigenvalue weighted by atomic mass is 10.2. The van der Waals surface area contributed by atoms with Gasteiger partial charge in [0.1, 0.15) is 0 Å². The topological polar surface area (TPSA) is 67.6 Å². The third kappa shape index (κ3) is 2.69. The van der Waals surface area contributed by atoms with E-state index in [0.29, 0.717) is 19.6 Å². The molecule has 1 saturated heterocycles. The highest BCUT2D eigenvalue weighted by Gasteiger charge is 2.29. The maximum Gasteiger partial charge on any atom is 0.264 e. The number of rotatable bonds is 4. The number of hydrogen-bond acceptors (Lipinski definition) is 5. The van der Waals surface area contributed by atoms with Crippen molar-refractivity contribution in [2.75, 3.05) is 13.2 Å². The Bertz CT molecular complexity index is 718. The zero-order valence-corrected chi connectivity index (χ0v) is 13.6. The van der Waals surface area contributed by atoms with Crippen molar-refractivity contribution in [2.45, 2.75) is 38.6 Å². The Labute approximate surface area is 138 Å². The highest BCUT2D eigenvalue weighted by molar-refractivity contribution is 7.14. The molecule has 0 unspecified atom stereocenters. The largest absolute Gasteiger partial charge is 0.394 e. The van der Waals surface area contributed by atoms with Crippen molar-refractivity contribution >= 4 is 17.2 Å². The summed E-state index contributed by atoms with van der Waals surface area (Å²) in [6, 6.07) is 3.93. The third-order valence-corrected chi connectivity index (χ3v) is 5.59. The summed E-state index contributed by atoms with van der Waals surface area (Å²) >= 11 is 1.54. The Hall–Kier alpha value is -1.70. The van der Waals surface area contributed by atoms with E-state index >= 15 is 0 Å². The number of aliphatic hydroxyl groups excluding tert-OH is 1. The monoisotopic (exact) mass is 333 g/mol. The van der Waals surface area contributed by atoms with Crippen LogP contribution in [-0.2, 0) is 24.4 Å². The Morgan fingerprint density at radius 3 is 3.13 bits per heavy atom. The van der Waals surface area contributed by atoms with Crippen molar-refractivity contribution in [1.29, 1.82) is 0 Å². The Morgan fingerprint density at radius 1 is 1.43 bits per heavy atom. The SMILES string of the molecule is O=C(c1ccc([C@H]2CCCO2)s1)N1Cc2cnn(CCO)c2C1. The smallest absolute Gasteiger partial charge is 0.264 e. The lowest BCUT2D eigenvalue weighted by molar-refractivity contribution is 0.0752. The van der Waals surface area contributed by atoms with Crippen molar-refractivity contribution in [3.05, 3.63) is 39.3 Å². The summed E-state index contributed by atoms with van der Waals surface area (Å²) in [5.74, 6) is 0.0611. The molecule has 2 aromatic rings. The van der Waals surface area contributed by atoms with E-state index in [-0.39, 0.29) is 18.6 Å². The number of thiophene rings is 1. The van der Waals surface area contributed by atoms with Crippen LogP contribution in [0.25, 0.3) is 0 Å². The van der Waals surface area contributed by atoms with Crippen LogP contribution in [0.5, 0.6) is 0 Å². The predicted molar refractivity (Wildman–Crippen MR) is 85.1 cm³/mol. The van der Waals surface area contributed by atoms with Crippen LogP contribution < -0.4 is 0 Å². The molecule has 23 heavy (non-hydrogen) atoms. The van der Waals surface area contributed by atoms with Crippen molar-refractivity contribution < 1.29 is 14.6 Å². The maximum absolute atomic E-state index is 12.7. The number of aromatic nitrogens is 2. The lowest BCUT2D eigenvalue weighted by Gasteiger charge is -2.15. The van der Waals surface area contributed by atoms with E-state index in [0.717, 1.165) is 40.5 Å². The number of carbonyl (C=O) groups excluding carboxylic acids is 1. The first kappa shape index (κ1) is 14.9. The van der Waals surface area contributed by atoms with E-state index in [9.17, 15) is 4.79 Å². The molecule has 1 atom stereocenters. The van der Waals surface area contributed by atoms with Crippen molar-refractivity contribution in [3.8, 4) is 0 Å². The van der Waals surface area contributed by atoms with E-state index in [1.165, 1.54) is 0 Å². The molecule has 6 nitrogen and oxygen atoms in total. The van der Waals surface area contributed by atoms with Crippen molar-refractivity contribution in [3.63, 3.8) is 0 Å². The van der Waals surface area contributed by atoms with Gasteiger partial charge in [0.05, 0.1) is 42.6 Å². The summed E-state index contributed by atoms with van der Waals surface area (Å²) in [6.07, 6.45) is 4.09. The van der Waals surface area contributed by atoms with E-state index in [2.05, 4.69) is 5.10 Å². The van der Waals surface area contributed by atoms with Crippen LogP contribution in [0.1, 0.15) is 44.8 Å². The van der Waals surface area contributed by atoms with Crippen molar-refractivity contribution in [2.24, 2.45) is 0 Å². The van der Waals surface area contributed by atoms with E-state index in [1.54, 1.807) is 22.2 Å². The van der Waals surface area contributed by atoms with E-state index in [1.807, 2.05) is 17.0 Å². The second-order valence-corrected chi connectivity index (χ2v) is 7.04. The summed E-state index contributed by atoms with van der Waals surface area (Å²) < 4.78 is 7.48. The van der Waals surface area contributed by atoms with Gasteiger partial charge in [-0.2, -0.15) is 5.10 Å².